The summed E-state index contributed by atoms with van der Waals surface area (Å²) in [6, 6.07) is 14.8. The number of rotatable bonds is 6. The quantitative estimate of drug-likeness (QED) is 0.432. The molecule has 0 unspecified atom stereocenters. The van der Waals surface area contributed by atoms with Crippen molar-refractivity contribution in [1.29, 1.82) is 0 Å². The van der Waals surface area contributed by atoms with Gasteiger partial charge in [0.2, 0.25) is 5.91 Å². The Bertz CT molecular complexity index is 1220. The van der Waals surface area contributed by atoms with Gasteiger partial charge in [-0.2, -0.15) is 5.10 Å². The molecule has 0 bridgehead atoms. The van der Waals surface area contributed by atoms with E-state index in [1.165, 1.54) is 23.5 Å². The van der Waals surface area contributed by atoms with Crippen molar-refractivity contribution in [3.8, 4) is 5.75 Å². The molecule has 2 heterocycles. The van der Waals surface area contributed by atoms with E-state index in [9.17, 15) is 14.0 Å². The molecule has 7 nitrogen and oxygen atoms in total. The fraction of sp³-hybridized carbons (Fsp3) is 0.0952. The first-order valence-electron chi connectivity index (χ1n) is 9.00. The van der Waals surface area contributed by atoms with Gasteiger partial charge < -0.3 is 15.4 Å². The third kappa shape index (κ3) is 4.15. The summed E-state index contributed by atoms with van der Waals surface area (Å²) < 4.78 is 18.9. The first-order chi connectivity index (χ1) is 14.5. The minimum atomic E-state index is -0.513. The highest BCUT2D eigenvalue weighted by atomic mass is 32.1. The number of carbonyl (C=O) groups is 2. The van der Waals surface area contributed by atoms with Gasteiger partial charge in [0, 0.05) is 0 Å². The molecular weight excluding hydrogens is 407 g/mol. The van der Waals surface area contributed by atoms with E-state index in [0.29, 0.717) is 26.7 Å². The molecule has 0 atom stereocenters. The smallest absolute Gasteiger partial charge is 0.265 e. The molecule has 0 radical (unpaired) electrons. The second-order valence-corrected chi connectivity index (χ2v) is 7.48. The number of ether oxygens (including phenoxy) is 1. The van der Waals surface area contributed by atoms with Crippen LogP contribution in [0.4, 0.5) is 15.9 Å². The van der Waals surface area contributed by atoms with Crippen LogP contribution in [0.5, 0.6) is 5.75 Å². The van der Waals surface area contributed by atoms with Crippen molar-refractivity contribution < 1.29 is 18.7 Å². The second-order valence-electron chi connectivity index (χ2n) is 6.43. The number of hydrogen-bond acceptors (Lipinski definition) is 5. The number of anilines is 2. The van der Waals surface area contributed by atoms with Gasteiger partial charge >= 0.3 is 0 Å². The molecule has 30 heavy (non-hydrogen) atoms. The van der Waals surface area contributed by atoms with Gasteiger partial charge in [0.1, 0.15) is 16.4 Å². The number of aromatic nitrogens is 2. The average molecular weight is 424 g/mol. The zero-order valence-corrected chi connectivity index (χ0v) is 16.7. The number of nitrogens with zero attached hydrogens (tertiary/aromatic N) is 1. The number of fused-ring (bicyclic) bond motifs is 1. The van der Waals surface area contributed by atoms with Gasteiger partial charge in [-0.3, -0.25) is 14.7 Å². The van der Waals surface area contributed by atoms with E-state index >= 15 is 0 Å². The second kappa shape index (κ2) is 8.34. The monoisotopic (exact) mass is 424 g/mol. The van der Waals surface area contributed by atoms with Crippen molar-refractivity contribution in [1.82, 2.24) is 10.2 Å². The van der Waals surface area contributed by atoms with Crippen molar-refractivity contribution in [2.24, 2.45) is 0 Å². The molecule has 2 amide bonds. The molecule has 9 heteroatoms. The number of amides is 2. The van der Waals surface area contributed by atoms with Gasteiger partial charge in [0.05, 0.1) is 29.5 Å². The Morgan fingerprint density at radius 3 is 2.63 bits per heavy atom. The van der Waals surface area contributed by atoms with Crippen molar-refractivity contribution >= 4 is 44.9 Å². The lowest BCUT2D eigenvalue weighted by molar-refractivity contribution is -0.115. The summed E-state index contributed by atoms with van der Waals surface area (Å²) in [5, 5.41) is 12.8. The standard InChI is InChI=1S/C21H17FN4O3S/c1-29-13-8-6-12(7-9-13)10-18(27)24-19-14-11-17(30-21(14)26-25-19)20(28)23-16-5-3-2-4-15(16)22/h2-9,11H,10H2,1H3,(H,23,28)(H2,24,25,26,27). The van der Waals surface area contributed by atoms with E-state index < -0.39 is 11.7 Å². The van der Waals surface area contributed by atoms with Crippen LogP contribution in [0.3, 0.4) is 0 Å². The summed E-state index contributed by atoms with van der Waals surface area (Å²) in [5.74, 6) is -0.138. The Balaban J connectivity index is 1.46. The van der Waals surface area contributed by atoms with Crippen LogP contribution in [0.15, 0.2) is 54.6 Å². The minimum Gasteiger partial charge on any atom is -0.497 e. The number of methoxy groups -OCH3 is 1. The Morgan fingerprint density at radius 2 is 1.90 bits per heavy atom. The lowest BCUT2D eigenvalue weighted by Crippen LogP contribution is -2.15. The van der Waals surface area contributed by atoms with Gasteiger partial charge in [-0.05, 0) is 35.9 Å². The summed E-state index contributed by atoms with van der Waals surface area (Å²) in [4.78, 5) is 25.8. The summed E-state index contributed by atoms with van der Waals surface area (Å²) in [7, 11) is 1.58. The Morgan fingerprint density at radius 1 is 1.13 bits per heavy atom. The molecule has 0 saturated heterocycles. The Kier molecular flexibility index (Phi) is 5.44. The molecule has 0 spiro atoms. The van der Waals surface area contributed by atoms with Crippen LogP contribution in [0.25, 0.3) is 10.2 Å². The number of aromatic amines is 1. The predicted octanol–water partition coefficient (Wildman–Crippen LogP) is 4.21. The topological polar surface area (TPSA) is 96.1 Å². The molecular formula is C21H17FN4O3S. The van der Waals surface area contributed by atoms with E-state index in [-0.39, 0.29) is 18.0 Å². The largest absolute Gasteiger partial charge is 0.497 e. The lowest BCUT2D eigenvalue weighted by Gasteiger charge is -2.04. The third-order valence-electron chi connectivity index (χ3n) is 4.38. The lowest BCUT2D eigenvalue weighted by atomic mass is 10.1. The summed E-state index contributed by atoms with van der Waals surface area (Å²) in [6.45, 7) is 0. The minimum absolute atomic E-state index is 0.103. The molecule has 4 rings (SSSR count). The van der Waals surface area contributed by atoms with Crippen LogP contribution >= 0.6 is 11.3 Å². The number of halogens is 1. The molecule has 4 aromatic rings. The molecule has 0 aliphatic heterocycles. The van der Waals surface area contributed by atoms with Gasteiger partial charge in [-0.1, -0.05) is 24.3 Å². The molecule has 0 aliphatic rings. The molecule has 3 N–H and O–H groups in total. The summed E-state index contributed by atoms with van der Waals surface area (Å²) in [5.41, 5.74) is 0.932. The maximum absolute atomic E-state index is 13.8. The first kappa shape index (κ1) is 19.6. The summed E-state index contributed by atoms with van der Waals surface area (Å²) >= 11 is 1.17. The SMILES string of the molecule is COc1ccc(CC(=O)Nc2n[nH]c3sc(C(=O)Nc4ccccc4F)cc23)cc1. The van der Waals surface area contributed by atoms with Crippen LogP contribution in [-0.2, 0) is 11.2 Å². The van der Waals surface area contributed by atoms with Gasteiger partial charge in [0.25, 0.3) is 5.91 Å². The predicted molar refractivity (Wildman–Crippen MR) is 114 cm³/mol. The van der Waals surface area contributed by atoms with E-state index in [1.54, 1.807) is 37.4 Å². The fourth-order valence-electron chi connectivity index (χ4n) is 2.88. The molecule has 2 aromatic carbocycles. The highest BCUT2D eigenvalue weighted by Gasteiger charge is 2.17. The van der Waals surface area contributed by atoms with Crippen LogP contribution in [0.2, 0.25) is 0 Å². The van der Waals surface area contributed by atoms with E-state index in [2.05, 4.69) is 20.8 Å². The van der Waals surface area contributed by atoms with Crippen LogP contribution in [-0.4, -0.2) is 29.1 Å². The molecule has 0 saturated carbocycles. The molecule has 0 aliphatic carbocycles. The highest BCUT2D eigenvalue weighted by molar-refractivity contribution is 7.20. The number of nitrogens with one attached hydrogen (secondary N) is 3. The Hall–Kier alpha value is -3.72. The molecule has 2 aromatic heterocycles. The van der Waals surface area contributed by atoms with E-state index in [1.807, 2.05) is 12.1 Å². The number of benzene rings is 2. The van der Waals surface area contributed by atoms with Gasteiger partial charge in [0.15, 0.2) is 5.82 Å². The van der Waals surface area contributed by atoms with Gasteiger partial charge in [-0.15, -0.1) is 11.3 Å². The van der Waals surface area contributed by atoms with Crippen molar-refractivity contribution in [3.63, 3.8) is 0 Å². The van der Waals surface area contributed by atoms with Gasteiger partial charge in [-0.25, -0.2) is 4.39 Å². The average Bonchev–Trinajstić information content (AvgIpc) is 3.32. The third-order valence-corrected chi connectivity index (χ3v) is 5.42. The zero-order valence-electron chi connectivity index (χ0n) is 15.9. The fourth-order valence-corrected chi connectivity index (χ4v) is 3.77. The summed E-state index contributed by atoms with van der Waals surface area (Å²) in [6.07, 6.45) is 0.170. The van der Waals surface area contributed by atoms with Crippen molar-refractivity contribution in [3.05, 3.63) is 70.9 Å². The molecule has 152 valence electrons. The number of thiophene rings is 1. The van der Waals surface area contributed by atoms with E-state index in [4.69, 9.17) is 4.74 Å². The van der Waals surface area contributed by atoms with Crippen LogP contribution in [0, 0.1) is 5.82 Å². The maximum atomic E-state index is 13.8. The molecule has 0 fully saturated rings. The van der Waals surface area contributed by atoms with Crippen molar-refractivity contribution in [2.75, 3.05) is 17.7 Å². The first-order valence-corrected chi connectivity index (χ1v) is 9.81. The maximum Gasteiger partial charge on any atom is 0.265 e. The van der Waals surface area contributed by atoms with Crippen LogP contribution < -0.4 is 15.4 Å². The number of para-hydroxylation sites is 1. The number of carbonyl (C=O) groups excluding carboxylic acids is 2. The van der Waals surface area contributed by atoms with Crippen molar-refractivity contribution in [2.45, 2.75) is 6.42 Å². The normalized spacial score (nSPS) is 10.7. The Labute approximate surface area is 174 Å². The van der Waals surface area contributed by atoms with Crippen LogP contribution in [0.1, 0.15) is 15.2 Å². The number of H-pyrrole nitrogens is 1. The highest BCUT2D eigenvalue weighted by Crippen LogP contribution is 2.30. The van der Waals surface area contributed by atoms with E-state index in [0.717, 1.165) is 5.56 Å². The number of hydrogen-bond donors (Lipinski definition) is 3. The zero-order chi connectivity index (χ0) is 21.1.